The Kier molecular flexibility index (Phi) is 3.64. The van der Waals surface area contributed by atoms with Gasteiger partial charge in [0.15, 0.2) is 0 Å². The lowest BCUT2D eigenvalue weighted by Crippen LogP contribution is -2.14. The zero-order valence-electron chi connectivity index (χ0n) is 9.05. The number of benzene rings is 1. The van der Waals surface area contributed by atoms with E-state index in [1.54, 1.807) is 6.07 Å². The molecule has 1 aromatic rings. The molecule has 1 atom stereocenters. The van der Waals surface area contributed by atoms with Gasteiger partial charge in [-0.3, -0.25) is 0 Å². The van der Waals surface area contributed by atoms with Crippen LogP contribution in [0.4, 0.5) is 4.39 Å². The molecule has 0 aliphatic rings. The summed E-state index contributed by atoms with van der Waals surface area (Å²) in [6.45, 7) is 6.05. The van der Waals surface area contributed by atoms with Gasteiger partial charge in [0, 0.05) is 11.6 Å². The number of halogens is 1. The fourth-order valence-electron chi connectivity index (χ4n) is 1.57. The first-order valence-electron chi connectivity index (χ1n) is 5.02. The number of hydrogen-bond acceptors (Lipinski definition) is 1. The third-order valence-electron chi connectivity index (χ3n) is 2.28. The molecule has 0 heterocycles. The highest BCUT2D eigenvalue weighted by Crippen LogP contribution is 2.21. The zero-order valence-corrected chi connectivity index (χ0v) is 9.05. The first-order valence-corrected chi connectivity index (χ1v) is 5.02. The Hall–Kier alpha value is -0.890. The topological polar surface area (TPSA) is 26.0 Å². The van der Waals surface area contributed by atoms with Crippen LogP contribution in [0.1, 0.15) is 37.4 Å². The van der Waals surface area contributed by atoms with Crippen LogP contribution in [0.15, 0.2) is 18.2 Å². The molecule has 0 aliphatic heterocycles. The highest BCUT2D eigenvalue weighted by atomic mass is 19.1. The molecule has 0 saturated carbocycles. The molecule has 0 radical (unpaired) electrons. The number of rotatable bonds is 3. The van der Waals surface area contributed by atoms with Gasteiger partial charge >= 0.3 is 0 Å². The van der Waals surface area contributed by atoms with Crippen molar-refractivity contribution in [2.75, 3.05) is 0 Å². The molecule has 0 saturated heterocycles. The second-order valence-electron chi connectivity index (χ2n) is 4.26. The minimum atomic E-state index is -0.185. The van der Waals surface area contributed by atoms with Crippen molar-refractivity contribution in [3.05, 3.63) is 35.1 Å². The third-order valence-corrected chi connectivity index (χ3v) is 2.28. The predicted octanol–water partition coefficient (Wildman–Crippen LogP) is 3.18. The summed E-state index contributed by atoms with van der Waals surface area (Å²) < 4.78 is 13.5. The van der Waals surface area contributed by atoms with Gasteiger partial charge in [0.2, 0.25) is 0 Å². The Morgan fingerprint density at radius 2 is 2.00 bits per heavy atom. The molecule has 1 nitrogen and oxygen atoms in total. The van der Waals surface area contributed by atoms with Crippen LogP contribution in [0.5, 0.6) is 0 Å². The van der Waals surface area contributed by atoms with Crippen LogP contribution in [0.3, 0.4) is 0 Å². The summed E-state index contributed by atoms with van der Waals surface area (Å²) in [6.07, 6.45) is 0.819. The maximum Gasteiger partial charge on any atom is 0.128 e. The van der Waals surface area contributed by atoms with Crippen LogP contribution >= 0.6 is 0 Å². The van der Waals surface area contributed by atoms with Crippen molar-refractivity contribution in [1.82, 2.24) is 0 Å². The van der Waals surface area contributed by atoms with Crippen molar-refractivity contribution >= 4 is 0 Å². The van der Waals surface area contributed by atoms with E-state index >= 15 is 0 Å². The van der Waals surface area contributed by atoms with Gasteiger partial charge in [0.05, 0.1) is 0 Å². The molecule has 0 unspecified atom stereocenters. The minimum absolute atomic E-state index is 0.182. The van der Waals surface area contributed by atoms with E-state index in [0.717, 1.165) is 12.0 Å². The molecule has 0 amide bonds. The van der Waals surface area contributed by atoms with E-state index < -0.39 is 0 Å². The van der Waals surface area contributed by atoms with Gasteiger partial charge in [-0.15, -0.1) is 0 Å². The molecule has 1 aromatic carbocycles. The largest absolute Gasteiger partial charge is 0.324 e. The molecule has 2 N–H and O–H groups in total. The zero-order chi connectivity index (χ0) is 10.7. The molecule has 0 bridgehead atoms. The van der Waals surface area contributed by atoms with Crippen LogP contribution in [0, 0.1) is 18.7 Å². The second kappa shape index (κ2) is 4.56. The number of nitrogens with two attached hydrogens (primary N) is 1. The minimum Gasteiger partial charge on any atom is -0.324 e. The average Bonchev–Trinajstić information content (AvgIpc) is 2.01. The molecule has 0 fully saturated rings. The van der Waals surface area contributed by atoms with Crippen LogP contribution in [-0.2, 0) is 0 Å². The van der Waals surface area contributed by atoms with Crippen molar-refractivity contribution < 1.29 is 4.39 Å². The molecule has 14 heavy (non-hydrogen) atoms. The van der Waals surface area contributed by atoms with Gasteiger partial charge in [0.25, 0.3) is 0 Å². The van der Waals surface area contributed by atoms with E-state index in [-0.39, 0.29) is 11.9 Å². The molecular weight excluding hydrogens is 177 g/mol. The Bertz CT molecular complexity index is 307. The summed E-state index contributed by atoms with van der Waals surface area (Å²) >= 11 is 0. The summed E-state index contributed by atoms with van der Waals surface area (Å²) in [7, 11) is 0. The van der Waals surface area contributed by atoms with Gasteiger partial charge in [0.1, 0.15) is 5.82 Å². The highest BCUT2D eigenvalue weighted by molar-refractivity contribution is 5.25. The molecular formula is C12H18FN. The molecule has 1 rings (SSSR count). The second-order valence-corrected chi connectivity index (χ2v) is 4.26. The van der Waals surface area contributed by atoms with E-state index in [1.165, 1.54) is 6.07 Å². The SMILES string of the molecule is Cc1ccc([C@H](N)CC(C)C)c(F)c1. The molecule has 0 aliphatic carbocycles. The van der Waals surface area contributed by atoms with Crippen LogP contribution < -0.4 is 5.73 Å². The Labute approximate surface area is 85.1 Å². The summed E-state index contributed by atoms with van der Waals surface area (Å²) in [5, 5.41) is 0. The maximum atomic E-state index is 13.5. The number of aryl methyl sites for hydroxylation is 1. The molecule has 0 spiro atoms. The molecule has 2 heteroatoms. The lowest BCUT2D eigenvalue weighted by atomic mass is 9.97. The number of hydrogen-bond donors (Lipinski definition) is 1. The molecule has 78 valence electrons. The standard InChI is InChI=1S/C12H18FN/c1-8(2)6-12(14)10-5-4-9(3)7-11(10)13/h4-5,7-8,12H,6,14H2,1-3H3/t12-/m1/s1. The van der Waals surface area contributed by atoms with Crippen LogP contribution in [0.2, 0.25) is 0 Å². The van der Waals surface area contributed by atoms with Gasteiger partial charge in [-0.1, -0.05) is 26.0 Å². The first kappa shape index (κ1) is 11.2. The van der Waals surface area contributed by atoms with Crippen LogP contribution in [-0.4, -0.2) is 0 Å². The molecule has 0 aromatic heterocycles. The van der Waals surface area contributed by atoms with E-state index in [0.29, 0.717) is 11.5 Å². The van der Waals surface area contributed by atoms with Gasteiger partial charge in [-0.2, -0.15) is 0 Å². The van der Waals surface area contributed by atoms with Crippen molar-refractivity contribution in [3.8, 4) is 0 Å². The Morgan fingerprint density at radius 1 is 1.36 bits per heavy atom. The Balaban J connectivity index is 2.84. The average molecular weight is 195 g/mol. The van der Waals surface area contributed by atoms with E-state index in [9.17, 15) is 4.39 Å². The lowest BCUT2D eigenvalue weighted by molar-refractivity contribution is 0.488. The van der Waals surface area contributed by atoms with E-state index in [1.807, 2.05) is 13.0 Å². The van der Waals surface area contributed by atoms with Crippen LogP contribution in [0.25, 0.3) is 0 Å². The third kappa shape index (κ3) is 2.81. The fourth-order valence-corrected chi connectivity index (χ4v) is 1.57. The lowest BCUT2D eigenvalue weighted by Gasteiger charge is -2.15. The van der Waals surface area contributed by atoms with Crippen molar-refractivity contribution in [2.45, 2.75) is 33.2 Å². The summed E-state index contributed by atoms with van der Waals surface area (Å²) in [5.41, 5.74) is 7.47. The van der Waals surface area contributed by atoms with Crippen molar-refractivity contribution in [1.29, 1.82) is 0 Å². The Morgan fingerprint density at radius 3 is 2.50 bits per heavy atom. The summed E-state index contributed by atoms with van der Waals surface area (Å²) in [4.78, 5) is 0. The smallest absolute Gasteiger partial charge is 0.128 e. The maximum absolute atomic E-state index is 13.5. The summed E-state index contributed by atoms with van der Waals surface area (Å²) in [6, 6.07) is 5.04. The quantitative estimate of drug-likeness (QED) is 0.787. The predicted molar refractivity (Wildman–Crippen MR) is 57.5 cm³/mol. The van der Waals surface area contributed by atoms with Crippen molar-refractivity contribution in [2.24, 2.45) is 11.7 Å². The fraction of sp³-hybridized carbons (Fsp3) is 0.500. The normalized spacial score (nSPS) is 13.3. The van der Waals surface area contributed by atoms with Gasteiger partial charge < -0.3 is 5.73 Å². The van der Waals surface area contributed by atoms with E-state index in [2.05, 4.69) is 13.8 Å². The highest BCUT2D eigenvalue weighted by Gasteiger charge is 2.12. The van der Waals surface area contributed by atoms with Gasteiger partial charge in [-0.25, -0.2) is 4.39 Å². The van der Waals surface area contributed by atoms with E-state index in [4.69, 9.17) is 5.73 Å². The first-order chi connectivity index (χ1) is 6.50. The monoisotopic (exact) mass is 195 g/mol. The van der Waals surface area contributed by atoms with Crippen molar-refractivity contribution in [3.63, 3.8) is 0 Å². The van der Waals surface area contributed by atoms with Gasteiger partial charge in [-0.05, 0) is 30.9 Å². The summed E-state index contributed by atoms with van der Waals surface area (Å²) in [5.74, 6) is 0.309.